The molecule has 1 saturated carbocycles. The fourth-order valence-electron chi connectivity index (χ4n) is 4.06. The molecule has 3 rings (SSSR count). The number of carbonyl (C=O) groups is 2. The molecule has 1 spiro atoms. The van der Waals surface area contributed by atoms with E-state index in [0.29, 0.717) is 12.3 Å². The molecule has 0 aromatic carbocycles. The van der Waals surface area contributed by atoms with Gasteiger partial charge in [0.05, 0.1) is 0 Å². The summed E-state index contributed by atoms with van der Waals surface area (Å²) in [5, 5.41) is 2.96. The van der Waals surface area contributed by atoms with Gasteiger partial charge in [-0.3, -0.25) is 9.59 Å². The van der Waals surface area contributed by atoms with Crippen molar-refractivity contribution in [3.05, 3.63) is 0 Å². The van der Waals surface area contributed by atoms with Gasteiger partial charge in [-0.15, -0.1) is 0 Å². The van der Waals surface area contributed by atoms with Crippen molar-refractivity contribution in [3.8, 4) is 0 Å². The molecular formula is C16H26N2O3. The Morgan fingerprint density at radius 2 is 1.90 bits per heavy atom. The maximum absolute atomic E-state index is 12.8. The molecule has 1 unspecified atom stereocenters. The third kappa shape index (κ3) is 2.56. The van der Waals surface area contributed by atoms with Gasteiger partial charge >= 0.3 is 0 Å². The Bertz CT molecular complexity index is 412. The van der Waals surface area contributed by atoms with Crippen LogP contribution >= 0.6 is 0 Å². The van der Waals surface area contributed by atoms with Gasteiger partial charge in [-0.2, -0.15) is 0 Å². The van der Waals surface area contributed by atoms with Crippen molar-refractivity contribution >= 4 is 11.8 Å². The van der Waals surface area contributed by atoms with Crippen LogP contribution in [0.4, 0.5) is 0 Å². The highest BCUT2D eigenvalue weighted by atomic mass is 16.5. The van der Waals surface area contributed by atoms with Gasteiger partial charge in [0.25, 0.3) is 0 Å². The van der Waals surface area contributed by atoms with E-state index < -0.39 is 5.54 Å². The van der Waals surface area contributed by atoms with Crippen molar-refractivity contribution in [3.63, 3.8) is 0 Å². The predicted octanol–water partition coefficient (Wildman–Crippen LogP) is 1.46. The maximum atomic E-state index is 12.8. The standard InChI is InChI=1S/C16H26N2O3/c1-2-13-14(19)18(11-12-5-9-21-10-6-12)16(15(20)17-13)7-3-4-8-16/h12-13H,2-11H2,1H3,(H,17,20). The SMILES string of the molecule is CCC1NC(=O)C2(CCCC2)N(CC2CCOCC2)C1=O. The largest absolute Gasteiger partial charge is 0.381 e. The average Bonchev–Trinajstić information content (AvgIpc) is 2.99. The van der Waals surface area contributed by atoms with Gasteiger partial charge < -0.3 is 15.0 Å². The molecule has 1 N–H and O–H groups in total. The van der Waals surface area contributed by atoms with Crippen LogP contribution in [0.2, 0.25) is 0 Å². The molecule has 5 nitrogen and oxygen atoms in total. The zero-order valence-corrected chi connectivity index (χ0v) is 12.9. The molecule has 0 aromatic rings. The predicted molar refractivity (Wildman–Crippen MR) is 78.7 cm³/mol. The zero-order chi connectivity index (χ0) is 14.9. The summed E-state index contributed by atoms with van der Waals surface area (Å²) in [4.78, 5) is 27.4. The first-order valence-electron chi connectivity index (χ1n) is 8.37. The second-order valence-corrected chi connectivity index (χ2v) is 6.68. The highest BCUT2D eigenvalue weighted by Crippen LogP contribution is 2.39. The molecule has 5 heteroatoms. The first kappa shape index (κ1) is 14.8. The number of hydrogen-bond acceptors (Lipinski definition) is 3. The maximum Gasteiger partial charge on any atom is 0.246 e. The van der Waals surface area contributed by atoms with Crippen LogP contribution in [-0.2, 0) is 14.3 Å². The molecule has 0 aromatic heterocycles. The molecular weight excluding hydrogens is 268 g/mol. The summed E-state index contributed by atoms with van der Waals surface area (Å²) < 4.78 is 5.41. The van der Waals surface area contributed by atoms with E-state index in [0.717, 1.165) is 58.3 Å². The van der Waals surface area contributed by atoms with Crippen molar-refractivity contribution < 1.29 is 14.3 Å². The van der Waals surface area contributed by atoms with E-state index in [9.17, 15) is 9.59 Å². The quantitative estimate of drug-likeness (QED) is 0.857. The highest BCUT2D eigenvalue weighted by molar-refractivity contribution is 6.00. The Labute approximate surface area is 126 Å². The fraction of sp³-hybridized carbons (Fsp3) is 0.875. The van der Waals surface area contributed by atoms with Crippen LogP contribution in [0.5, 0.6) is 0 Å². The number of ether oxygens (including phenoxy) is 1. The molecule has 2 aliphatic heterocycles. The van der Waals surface area contributed by atoms with E-state index in [4.69, 9.17) is 4.74 Å². The Morgan fingerprint density at radius 1 is 1.24 bits per heavy atom. The van der Waals surface area contributed by atoms with Gasteiger partial charge in [-0.1, -0.05) is 19.8 Å². The van der Waals surface area contributed by atoms with Crippen LogP contribution in [0.3, 0.4) is 0 Å². The lowest BCUT2D eigenvalue weighted by molar-refractivity contribution is -0.159. The second kappa shape index (κ2) is 5.95. The van der Waals surface area contributed by atoms with E-state index in [-0.39, 0.29) is 17.9 Å². The summed E-state index contributed by atoms with van der Waals surface area (Å²) in [6.45, 7) is 4.25. The summed E-state index contributed by atoms with van der Waals surface area (Å²) in [5.41, 5.74) is -0.555. The van der Waals surface area contributed by atoms with Crippen LogP contribution in [0.1, 0.15) is 51.9 Å². The third-order valence-corrected chi connectivity index (χ3v) is 5.43. The first-order valence-corrected chi connectivity index (χ1v) is 8.37. The van der Waals surface area contributed by atoms with Crippen LogP contribution in [0.15, 0.2) is 0 Å². The number of hydrogen-bond donors (Lipinski definition) is 1. The molecule has 2 heterocycles. The summed E-state index contributed by atoms with van der Waals surface area (Å²) in [7, 11) is 0. The summed E-state index contributed by atoms with van der Waals surface area (Å²) in [6.07, 6.45) is 6.40. The molecule has 1 atom stereocenters. The van der Waals surface area contributed by atoms with Gasteiger partial charge in [0.2, 0.25) is 11.8 Å². The first-order chi connectivity index (χ1) is 10.2. The van der Waals surface area contributed by atoms with Crippen molar-refractivity contribution in [2.24, 2.45) is 5.92 Å². The van der Waals surface area contributed by atoms with Gasteiger partial charge in [-0.05, 0) is 38.0 Å². The molecule has 21 heavy (non-hydrogen) atoms. The Kier molecular flexibility index (Phi) is 4.20. The molecule has 3 aliphatic rings. The highest BCUT2D eigenvalue weighted by Gasteiger charge is 2.53. The number of nitrogens with zero attached hydrogens (tertiary/aromatic N) is 1. The Balaban J connectivity index is 1.82. The minimum atomic E-state index is -0.555. The lowest BCUT2D eigenvalue weighted by Gasteiger charge is -2.47. The van der Waals surface area contributed by atoms with Gasteiger partial charge in [0.15, 0.2) is 0 Å². The van der Waals surface area contributed by atoms with E-state index >= 15 is 0 Å². The van der Waals surface area contributed by atoms with Crippen LogP contribution < -0.4 is 5.32 Å². The summed E-state index contributed by atoms with van der Waals surface area (Å²) in [5.74, 6) is 0.688. The molecule has 2 saturated heterocycles. The van der Waals surface area contributed by atoms with Gasteiger partial charge in [-0.25, -0.2) is 0 Å². The molecule has 118 valence electrons. The molecule has 2 amide bonds. The topological polar surface area (TPSA) is 58.6 Å². The number of nitrogens with one attached hydrogen (secondary N) is 1. The normalized spacial score (nSPS) is 30.0. The van der Waals surface area contributed by atoms with Crippen molar-refractivity contribution in [2.75, 3.05) is 19.8 Å². The Hall–Kier alpha value is -1.10. The zero-order valence-electron chi connectivity index (χ0n) is 12.9. The number of piperazine rings is 1. The number of rotatable bonds is 3. The van der Waals surface area contributed by atoms with Gasteiger partial charge in [0, 0.05) is 19.8 Å². The monoisotopic (exact) mass is 294 g/mol. The smallest absolute Gasteiger partial charge is 0.246 e. The van der Waals surface area contributed by atoms with Crippen molar-refractivity contribution in [1.82, 2.24) is 10.2 Å². The lowest BCUT2D eigenvalue weighted by atomic mass is 9.86. The van der Waals surface area contributed by atoms with Crippen molar-refractivity contribution in [2.45, 2.75) is 63.5 Å². The summed E-state index contributed by atoms with van der Waals surface area (Å²) >= 11 is 0. The van der Waals surface area contributed by atoms with E-state index in [1.807, 2.05) is 11.8 Å². The van der Waals surface area contributed by atoms with E-state index in [2.05, 4.69) is 5.32 Å². The molecule has 3 fully saturated rings. The lowest BCUT2D eigenvalue weighted by Crippen LogP contribution is -2.70. The molecule has 0 bridgehead atoms. The van der Waals surface area contributed by atoms with Crippen LogP contribution in [0, 0.1) is 5.92 Å². The van der Waals surface area contributed by atoms with E-state index in [1.54, 1.807) is 0 Å². The fourth-order valence-corrected chi connectivity index (χ4v) is 4.06. The molecule has 0 radical (unpaired) electrons. The van der Waals surface area contributed by atoms with E-state index in [1.165, 1.54) is 0 Å². The van der Waals surface area contributed by atoms with Crippen molar-refractivity contribution in [1.29, 1.82) is 0 Å². The summed E-state index contributed by atoms with van der Waals surface area (Å²) in [6, 6.07) is -0.330. The molecule has 1 aliphatic carbocycles. The van der Waals surface area contributed by atoms with Gasteiger partial charge in [0.1, 0.15) is 11.6 Å². The number of amides is 2. The van der Waals surface area contributed by atoms with Crippen LogP contribution in [0.25, 0.3) is 0 Å². The third-order valence-electron chi connectivity index (χ3n) is 5.43. The van der Waals surface area contributed by atoms with Crippen LogP contribution in [-0.4, -0.2) is 48.1 Å². The average molecular weight is 294 g/mol. The second-order valence-electron chi connectivity index (χ2n) is 6.68. The number of carbonyl (C=O) groups excluding carboxylic acids is 2. The minimum Gasteiger partial charge on any atom is -0.381 e. The Morgan fingerprint density at radius 3 is 2.52 bits per heavy atom. The minimum absolute atomic E-state index is 0.0820.